The molecular formula is C35H22O3. The lowest BCUT2D eigenvalue weighted by atomic mass is 9.75. The van der Waals surface area contributed by atoms with Crippen LogP contribution in [0.25, 0.3) is 43.1 Å². The van der Waals surface area contributed by atoms with E-state index in [2.05, 4.69) is 54.6 Å². The smallest absolute Gasteiger partial charge is 0.132 e. The van der Waals surface area contributed by atoms with Crippen LogP contribution < -0.4 is 4.74 Å². The second-order valence-corrected chi connectivity index (χ2v) is 10.0. The summed E-state index contributed by atoms with van der Waals surface area (Å²) in [4.78, 5) is 0. The summed E-state index contributed by atoms with van der Waals surface area (Å²) in [7, 11) is 0. The number of fused-ring (bicyclic) bond motifs is 8. The van der Waals surface area contributed by atoms with Crippen molar-refractivity contribution < 1.29 is 14.9 Å². The number of benzene rings is 7. The summed E-state index contributed by atoms with van der Waals surface area (Å²) in [5.74, 6) is 1.96. The first-order valence-corrected chi connectivity index (χ1v) is 12.8. The van der Waals surface area contributed by atoms with Gasteiger partial charge in [0.15, 0.2) is 0 Å². The maximum absolute atomic E-state index is 10.3. The molecule has 38 heavy (non-hydrogen) atoms. The molecule has 3 nitrogen and oxygen atoms in total. The van der Waals surface area contributed by atoms with Crippen LogP contribution in [0.5, 0.6) is 23.0 Å². The molecule has 8 rings (SSSR count). The maximum atomic E-state index is 10.3. The Labute approximate surface area is 218 Å². The lowest BCUT2D eigenvalue weighted by Crippen LogP contribution is -2.14. The van der Waals surface area contributed by atoms with E-state index in [9.17, 15) is 10.2 Å². The molecule has 0 saturated carbocycles. The Morgan fingerprint density at radius 2 is 0.868 bits per heavy atom. The summed E-state index contributed by atoms with van der Waals surface area (Å²) in [6.07, 6.45) is 0. The molecule has 1 aliphatic heterocycles. The zero-order valence-corrected chi connectivity index (χ0v) is 20.3. The van der Waals surface area contributed by atoms with Crippen molar-refractivity contribution in [3.8, 4) is 23.0 Å². The first-order chi connectivity index (χ1) is 18.7. The molecule has 0 saturated heterocycles. The molecule has 2 N–H and O–H groups in total. The number of phenolic OH excluding ortho intramolecular Hbond substituents is 2. The summed E-state index contributed by atoms with van der Waals surface area (Å²) < 4.78 is 6.60. The number of phenols is 2. The van der Waals surface area contributed by atoms with Gasteiger partial charge in [0.25, 0.3) is 0 Å². The standard InChI is InChI=1S/C35H22O3/c36-24-11-13-28-22(18-24)9-15-30-33(28)35(34-29-14-12-25(37)19-23(29)10-16-31(34)38-30)32-26-7-3-1-5-20(26)17-21-6-2-4-8-27(21)32/h1-19,35-37H. The third-order valence-electron chi connectivity index (χ3n) is 7.91. The van der Waals surface area contributed by atoms with Crippen LogP contribution in [0.15, 0.2) is 115 Å². The first-order valence-electron chi connectivity index (χ1n) is 12.8. The van der Waals surface area contributed by atoms with Crippen LogP contribution in [-0.2, 0) is 0 Å². The number of ether oxygens (including phenoxy) is 1. The molecule has 1 aliphatic rings. The molecule has 0 spiro atoms. The van der Waals surface area contributed by atoms with Gasteiger partial charge in [-0.25, -0.2) is 0 Å². The monoisotopic (exact) mass is 490 g/mol. The number of aromatic hydroxyl groups is 2. The van der Waals surface area contributed by atoms with Gasteiger partial charge in [-0.2, -0.15) is 0 Å². The molecule has 0 atom stereocenters. The summed E-state index contributed by atoms with van der Waals surface area (Å²) in [5.41, 5.74) is 3.39. The highest BCUT2D eigenvalue weighted by Gasteiger charge is 2.34. The van der Waals surface area contributed by atoms with Gasteiger partial charge >= 0.3 is 0 Å². The minimum absolute atomic E-state index is 0.147. The Bertz CT molecular complexity index is 1950. The summed E-state index contributed by atoms with van der Waals surface area (Å²) in [6.45, 7) is 0. The van der Waals surface area contributed by atoms with E-state index < -0.39 is 0 Å². The minimum Gasteiger partial charge on any atom is -0.508 e. The van der Waals surface area contributed by atoms with Crippen LogP contribution in [0, 0.1) is 0 Å². The molecule has 0 radical (unpaired) electrons. The molecule has 1 heterocycles. The average Bonchev–Trinajstić information content (AvgIpc) is 2.94. The Hall–Kier alpha value is -5.02. The summed E-state index contributed by atoms with van der Waals surface area (Å²) in [5, 5.41) is 29.3. The SMILES string of the molecule is Oc1ccc2c3c(ccc2c1)Oc1ccc2cc(O)ccc2c1C3c1c2ccccc2cc2ccccc12. The molecule has 3 heteroatoms. The highest BCUT2D eigenvalue weighted by molar-refractivity contribution is 6.06. The maximum Gasteiger partial charge on any atom is 0.132 e. The van der Waals surface area contributed by atoms with E-state index in [1.807, 2.05) is 48.5 Å². The van der Waals surface area contributed by atoms with Crippen molar-refractivity contribution in [1.82, 2.24) is 0 Å². The van der Waals surface area contributed by atoms with E-state index in [1.54, 1.807) is 12.1 Å². The Morgan fingerprint density at radius 1 is 0.421 bits per heavy atom. The van der Waals surface area contributed by atoms with Gasteiger partial charge in [0.05, 0.1) is 0 Å². The quantitative estimate of drug-likeness (QED) is 0.226. The van der Waals surface area contributed by atoms with Gasteiger partial charge in [-0.05, 0) is 91.1 Å². The molecular weight excluding hydrogens is 468 g/mol. The lowest BCUT2D eigenvalue weighted by molar-refractivity contribution is 0.456. The molecule has 180 valence electrons. The Morgan fingerprint density at radius 3 is 1.39 bits per heavy atom. The van der Waals surface area contributed by atoms with Crippen molar-refractivity contribution in [3.63, 3.8) is 0 Å². The van der Waals surface area contributed by atoms with E-state index in [-0.39, 0.29) is 17.4 Å². The van der Waals surface area contributed by atoms with Gasteiger partial charge < -0.3 is 14.9 Å². The van der Waals surface area contributed by atoms with E-state index in [4.69, 9.17) is 4.74 Å². The van der Waals surface area contributed by atoms with Gasteiger partial charge in [0.2, 0.25) is 0 Å². The third kappa shape index (κ3) is 2.96. The lowest BCUT2D eigenvalue weighted by Gasteiger charge is -2.32. The first kappa shape index (κ1) is 21.1. The van der Waals surface area contributed by atoms with Gasteiger partial charge in [-0.1, -0.05) is 72.8 Å². The van der Waals surface area contributed by atoms with Crippen molar-refractivity contribution in [2.45, 2.75) is 5.92 Å². The van der Waals surface area contributed by atoms with E-state index >= 15 is 0 Å². The largest absolute Gasteiger partial charge is 0.508 e. The molecule has 7 aromatic carbocycles. The van der Waals surface area contributed by atoms with Crippen molar-refractivity contribution in [2.75, 3.05) is 0 Å². The van der Waals surface area contributed by atoms with Crippen LogP contribution in [0.1, 0.15) is 22.6 Å². The average molecular weight is 491 g/mol. The summed E-state index contributed by atoms with van der Waals surface area (Å²) >= 11 is 0. The fourth-order valence-corrected chi connectivity index (χ4v) is 6.33. The predicted octanol–water partition coefficient (Wildman–Crippen LogP) is 9.00. The minimum atomic E-state index is -0.147. The van der Waals surface area contributed by atoms with Crippen molar-refractivity contribution in [1.29, 1.82) is 0 Å². The van der Waals surface area contributed by atoms with Crippen LogP contribution in [0.3, 0.4) is 0 Å². The highest BCUT2D eigenvalue weighted by atomic mass is 16.5. The fraction of sp³-hybridized carbons (Fsp3) is 0.0286. The van der Waals surface area contributed by atoms with Gasteiger partial charge in [-0.15, -0.1) is 0 Å². The van der Waals surface area contributed by atoms with Gasteiger partial charge in [0, 0.05) is 17.0 Å². The predicted molar refractivity (Wildman–Crippen MR) is 154 cm³/mol. The molecule has 7 aromatic rings. The Kier molecular flexibility index (Phi) is 4.30. The third-order valence-corrected chi connectivity index (χ3v) is 7.91. The van der Waals surface area contributed by atoms with E-state index in [0.29, 0.717) is 0 Å². The van der Waals surface area contributed by atoms with Gasteiger partial charge in [-0.3, -0.25) is 0 Å². The topological polar surface area (TPSA) is 49.7 Å². The fourth-order valence-electron chi connectivity index (χ4n) is 6.33. The molecule has 0 bridgehead atoms. The Balaban J connectivity index is 1.61. The van der Waals surface area contributed by atoms with E-state index in [1.165, 1.54) is 27.1 Å². The molecule has 0 aromatic heterocycles. The molecule has 0 amide bonds. The number of hydrogen-bond donors (Lipinski definition) is 2. The number of rotatable bonds is 1. The van der Waals surface area contributed by atoms with Crippen LogP contribution >= 0.6 is 0 Å². The van der Waals surface area contributed by atoms with Crippen molar-refractivity contribution in [3.05, 3.63) is 132 Å². The highest BCUT2D eigenvalue weighted by Crippen LogP contribution is 2.54. The second-order valence-electron chi connectivity index (χ2n) is 10.0. The van der Waals surface area contributed by atoms with Crippen LogP contribution in [-0.4, -0.2) is 10.2 Å². The van der Waals surface area contributed by atoms with Crippen LogP contribution in [0.4, 0.5) is 0 Å². The zero-order valence-electron chi connectivity index (χ0n) is 20.3. The molecule has 0 fully saturated rings. The van der Waals surface area contributed by atoms with Crippen LogP contribution in [0.2, 0.25) is 0 Å². The normalized spacial score (nSPS) is 13.1. The van der Waals surface area contributed by atoms with Crippen molar-refractivity contribution in [2.24, 2.45) is 0 Å². The van der Waals surface area contributed by atoms with E-state index in [0.717, 1.165) is 44.2 Å². The summed E-state index contributed by atoms with van der Waals surface area (Å²) in [6, 6.07) is 38.6. The molecule has 0 unspecified atom stereocenters. The van der Waals surface area contributed by atoms with Gasteiger partial charge in [0.1, 0.15) is 23.0 Å². The second kappa shape index (κ2) is 7.74. The number of hydrogen-bond acceptors (Lipinski definition) is 3. The van der Waals surface area contributed by atoms with Crippen molar-refractivity contribution >= 4 is 43.1 Å². The zero-order chi connectivity index (χ0) is 25.4. The molecule has 0 aliphatic carbocycles.